The molecule has 0 spiro atoms. The predicted octanol–water partition coefficient (Wildman–Crippen LogP) is 8.98. The van der Waals surface area contributed by atoms with E-state index in [2.05, 4.69) is 79.6 Å². The van der Waals surface area contributed by atoms with E-state index in [1.54, 1.807) is 41.2 Å². The summed E-state index contributed by atoms with van der Waals surface area (Å²) in [5.74, 6) is -1.07. The molecule has 14 nitrogen and oxygen atoms in total. The molecule has 16 heteroatoms. The van der Waals surface area contributed by atoms with E-state index in [0.717, 1.165) is 46.2 Å². The van der Waals surface area contributed by atoms with Gasteiger partial charge in [0.1, 0.15) is 29.5 Å². The minimum absolute atomic E-state index is 0.0572. The number of benzene rings is 2. The van der Waals surface area contributed by atoms with Gasteiger partial charge in [0.25, 0.3) is 5.91 Å². The van der Waals surface area contributed by atoms with Gasteiger partial charge in [0, 0.05) is 72.7 Å². The summed E-state index contributed by atoms with van der Waals surface area (Å²) in [6.45, 7) is 27.7. The fourth-order valence-corrected chi connectivity index (χ4v) is 12.9. The van der Waals surface area contributed by atoms with Crippen LogP contribution >= 0.6 is 22.9 Å². The number of carbonyl (C=O) groups is 3. The van der Waals surface area contributed by atoms with Gasteiger partial charge in [-0.3, -0.25) is 19.3 Å². The monoisotopic (exact) mass is 1040 g/mol. The molecular weight excluding hydrogens is 962 g/mol. The molecule has 392 valence electrons. The highest BCUT2D eigenvalue weighted by Crippen LogP contribution is 2.56. The molecule has 2 aliphatic carbocycles. The molecule has 3 aliphatic rings. The Morgan fingerprint density at radius 2 is 1.67 bits per heavy atom. The van der Waals surface area contributed by atoms with Crippen molar-refractivity contribution < 1.29 is 34.1 Å². The fraction of sp³-hybridized carbons (Fsp3) is 0.544. The van der Waals surface area contributed by atoms with E-state index < -0.39 is 46.1 Å². The fourth-order valence-electron chi connectivity index (χ4n) is 11.9. The maximum atomic E-state index is 14.5. The van der Waals surface area contributed by atoms with Gasteiger partial charge in [-0.15, -0.1) is 11.3 Å². The lowest BCUT2D eigenvalue weighted by atomic mass is 9.49. The Hall–Kier alpha value is -5.21. The summed E-state index contributed by atoms with van der Waals surface area (Å²) in [5.41, 5.74) is 4.93. The van der Waals surface area contributed by atoms with Crippen LogP contribution in [-0.2, 0) is 14.3 Å². The molecule has 3 heterocycles. The first-order valence-electron chi connectivity index (χ1n) is 25.5. The van der Waals surface area contributed by atoms with Gasteiger partial charge in [-0.2, -0.15) is 5.26 Å². The van der Waals surface area contributed by atoms with E-state index in [0.29, 0.717) is 48.1 Å². The summed E-state index contributed by atoms with van der Waals surface area (Å²) in [5, 5.41) is 37.0. The van der Waals surface area contributed by atoms with Crippen LogP contribution in [-0.4, -0.2) is 112 Å². The Labute approximate surface area is 440 Å². The summed E-state index contributed by atoms with van der Waals surface area (Å²) in [4.78, 5) is 56.8. The van der Waals surface area contributed by atoms with Gasteiger partial charge >= 0.3 is 0 Å². The second-order valence-corrected chi connectivity index (χ2v) is 24.1. The lowest BCUT2D eigenvalue weighted by molar-refractivity contribution is -0.164. The number of hydrogen-bond donors (Lipinski definition) is 4. The highest BCUT2D eigenvalue weighted by atomic mass is 35.5. The van der Waals surface area contributed by atoms with Crippen LogP contribution in [0.2, 0.25) is 5.02 Å². The van der Waals surface area contributed by atoms with Crippen molar-refractivity contribution >= 4 is 46.4 Å². The zero-order valence-corrected chi connectivity index (χ0v) is 45.6. The van der Waals surface area contributed by atoms with Gasteiger partial charge in [-0.05, 0) is 80.8 Å². The van der Waals surface area contributed by atoms with Crippen molar-refractivity contribution in [2.24, 2.45) is 34.0 Å². The second-order valence-electron chi connectivity index (χ2n) is 22.8. The number of nitriles is 1. The molecule has 7 atom stereocenters. The predicted molar refractivity (Wildman–Crippen MR) is 286 cm³/mol. The standard InChI is InChI=1S/C57H74ClN7O7S/c1-33(22-45(55(5,6)7)49(68)43-23-41(67)24-44(43)52(70)62-47(30-66)37-12-14-38(15-13-37)50-36(4)61-32-73-50)31-71-21-20-65-34(2)28-64(29-35(65)3)48-19-17-40(27-60-48)51(69)63-53-56(8,9)54(57(53,10)11)72-42-18-16-39(26-59)46(58)25-42/h12-19,25,27,32,34-35,41,43-45,47,53-54,66-67H,1,20-24,28-31H2,2-11H3,(H,62,70)(H,63,69)/t34-,35+,41-,43?,44?,45?,47-,53?,54?/m0/s1. The Bertz CT molecular complexity index is 2630. The molecule has 2 saturated carbocycles. The third-order valence-electron chi connectivity index (χ3n) is 15.6. The lowest BCUT2D eigenvalue weighted by Crippen LogP contribution is -2.74. The molecule has 1 aliphatic heterocycles. The van der Waals surface area contributed by atoms with Crippen molar-refractivity contribution in [2.75, 3.05) is 44.4 Å². The zero-order chi connectivity index (χ0) is 53.2. The number of aryl methyl sites for hydroxylation is 1. The Morgan fingerprint density at radius 3 is 2.25 bits per heavy atom. The highest BCUT2D eigenvalue weighted by molar-refractivity contribution is 7.13. The number of pyridine rings is 1. The SMILES string of the molecule is C=C(COCCN1[C@H](C)CN(c2ccc(C(=O)NC3C(C)(C)C(Oc4ccc(C#N)c(Cl)c4)C3(C)C)cn2)C[C@@H]1C)CC(C(=O)C1C[C@H](O)CC1C(=O)N[C@@H](CO)c1ccc(-c2scnc2C)cc1)C(C)(C)C. The van der Waals surface area contributed by atoms with Crippen molar-refractivity contribution in [1.82, 2.24) is 25.5 Å². The topological polar surface area (TPSA) is 190 Å². The van der Waals surface area contributed by atoms with Crippen molar-refractivity contribution in [3.05, 3.63) is 106 Å². The maximum Gasteiger partial charge on any atom is 0.253 e. The van der Waals surface area contributed by atoms with Crippen molar-refractivity contribution in [3.63, 3.8) is 0 Å². The number of aliphatic hydroxyl groups excluding tert-OH is 2. The van der Waals surface area contributed by atoms with Crippen LogP contribution in [0.1, 0.15) is 115 Å². The van der Waals surface area contributed by atoms with Crippen LogP contribution in [0.25, 0.3) is 10.4 Å². The van der Waals surface area contributed by atoms with Crippen molar-refractivity contribution in [3.8, 4) is 22.3 Å². The third-order valence-corrected chi connectivity index (χ3v) is 16.9. The molecular formula is C57H74ClN7O7S. The van der Waals surface area contributed by atoms with Gasteiger partial charge in [0.2, 0.25) is 5.91 Å². The van der Waals surface area contributed by atoms with E-state index in [9.17, 15) is 29.9 Å². The molecule has 7 rings (SSSR count). The van der Waals surface area contributed by atoms with E-state index in [1.165, 1.54) is 0 Å². The maximum absolute atomic E-state index is 14.5. The van der Waals surface area contributed by atoms with Crippen LogP contribution in [0.15, 0.2) is 78.5 Å². The number of aromatic nitrogens is 2. The lowest BCUT2D eigenvalue weighted by Gasteiger charge is -2.63. The molecule has 2 aromatic heterocycles. The summed E-state index contributed by atoms with van der Waals surface area (Å²) >= 11 is 7.83. The van der Waals surface area contributed by atoms with Gasteiger partial charge in [0.15, 0.2) is 0 Å². The number of carbonyl (C=O) groups excluding carboxylic acids is 3. The van der Waals surface area contributed by atoms with Gasteiger partial charge in [-0.25, -0.2) is 9.97 Å². The molecule has 2 amide bonds. The van der Waals surface area contributed by atoms with Gasteiger partial charge in [-0.1, -0.05) is 96.5 Å². The minimum Gasteiger partial charge on any atom is -0.489 e. The second kappa shape index (κ2) is 22.7. The van der Waals surface area contributed by atoms with Gasteiger partial charge in [0.05, 0.1) is 70.1 Å². The number of nitrogens with zero attached hydrogens (tertiary/aromatic N) is 5. The van der Waals surface area contributed by atoms with E-state index in [-0.39, 0.29) is 61.3 Å². The number of aliphatic hydroxyl groups is 2. The minimum atomic E-state index is -0.785. The number of anilines is 1. The van der Waals surface area contributed by atoms with Crippen molar-refractivity contribution in [1.29, 1.82) is 5.26 Å². The van der Waals surface area contributed by atoms with E-state index in [4.69, 9.17) is 26.1 Å². The summed E-state index contributed by atoms with van der Waals surface area (Å²) < 4.78 is 12.6. The van der Waals surface area contributed by atoms with Gasteiger partial charge < -0.3 is 35.2 Å². The molecule has 4 N–H and O–H groups in total. The highest BCUT2D eigenvalue weighted by Gasteiger charge is 2.64. The zero-order valence-electron chi connectivity index (χ0n) is 44.1. The summed E-state index contributed by atoms with van der Waals surface area (Å²) in [7, 11) is 0. The number of ketones is 1. The number of halogens is 1. The quantitative estimate of drug-likeness (QED) is 0.0516. The van der Waals surface area contributed by atoms with Crippen LogP contribution in [0.4, 0.5) is 5.82 Å². The largest absolute Gasteiger partial charge is 0.489 e. The van der Waals surface area contributed by atoms with Crippen LogP contribution in [0, 0.1) is 52.3 Å². The first kappa shape index (κ1) is 55.5. The molecule has 3 fully saturated rings. The number of piperazine rings is 1. The Kier molecular flexibility index (Phi) is 17.3. The number of thiazole rings is 1. The number of nitrogens with one attached hydrogen (secondary N) is 2. The van der Waals surface area contributed by atoms with Crippen molar-refractivity contribution in [2.45, 2.75) is 125 Å². The number of amides is 2. The average Bonchev–Trinajstić information content (AvgIpc) is 3.97. The summed E-state index contributed by atoms with van der Waals surface area (Å²) in [6, 6.07) is 18.1. The molecule has 0 bridgehead atoms. The summed E-state index contributed by atoms with van der Waals surface area (Å²) in [6.07, 6.45) is 1.42. The van der Waals surface area contributed by atoms with Crippen LogP contribution in [0.5, 0.6) is 5.75 Å². The average molecular weight is 1040 g/mol. The van der Waals surface area contributed by atoms with E-state index in [1.807, 2.05) is 64.1 Å². The number of ether oxygens (including phenoxy) is 2. The van der Waals surface area contributed by atoms with E-state index >= 15 is 0 Å². The number of rotatable bonds is 19. The molecule has 1 saturated heterocycles. The Balaban J connectivity index is 0.867. The third kappa shape index (κ3) is 12.3. The number of Topliss-reactive ketones (excluding diaryl/α,β-unsaturated/α-hetero) is 1. The molecule has 3 unspecified atom stereocenters. The normalized spacial score (nSPS) is 24.4. The Morgan fingerprint density at radius 1 is 1.00 bits per heavy atom. The molecule has 73 heavy (non-hydrogen) atoms. The molecule has 0 radical (unpaired) electrons. The molecule has 4 aromatic rings. The number of hydrogen-bond acceptors (Lipinski definition) is 13. The smallest absolute Gasteiger partial charge is 0.253 e. The molecule has 2 aromatic carbocycles. The first-order chi connectivity index (χ1) is 34.4. The van der Waals surface area contributed by atoms with Crippen LogP contribution < -0.4 is 20.3 Å². The first-order valence-corrected chi connectivity index (χ1v) is 26.7. The van der Waals surface area contributed by atoms with Crippen LogP contribution in [0.3, 0.4) is 0 Å².